The summed E-state index contributed by atoms with van der Waals surface area (Å²) >= 11 is 13.4. The van der Waals surface area contributed by atoms with Crippen LogP contribution < -0.4 is 0 Å². The van der Waals surface area contributed by atoms with Crippen LogP contribution in [0.15, 0.2) is 23.1 Å². The molecule has 0 aliphatic carbocycles. The van der Waals surface area contributed by atoms with Crippen molar-refractivity contribution in [1.82, 2.24) is 9.21 Å². The van der Waals surface area contributed by atoms with Gasteiger partial charge in [-0.25, -0.2) is 8.42 Å². The maximum Gasteiger partial charge on any atom is 0.243 e. The lowest BCUT2D eigenvalue weighted by atomic mass is 10.3. The number of hydrogen-bond acceptors (Lipinski definition) is 4. The lowest BCUT2D eigenvalue weighted by Gasteiger charge is -2.34. The zero-order valence-corrected chi connectivity index (χ0v) is 17.6. The molecular formula is C16H22Cl2N2O3S2. The van der Waals surface area contributed by atoms with Crippen molar-refractivity contribution >= 4 is 50.9 Å². The number of rotatable bonds is 4. The van der Waals surface area contributed by atoms with E-state index in [9.17, 15) is 13.2 Å². The van der Waals surface area contributed by atoms with Crippen LogP contribution >= 0.6 is 35.0 Å². The van der Waals surface area contributed by atoms with E-state index in [-0.39, 0.29) is 33.7 Å². The van der Waals surface area contributed by atoms with Gasteiger partial charge in [0.1, 0.15) is 0 Å². The molecule has 1 fully saturated rings. The predicted molar refractivity (Wildman–Crippen MR) is 104 cm³/mol. The third-order valence-electron chi connectivity index (χ3n) is 3.75. The SMILES string of the molecule is CC(C)(C)SCC(=O)N1CCN(S(=O)(=O)c2ccc(Cl)c(Cl)c2)CC1. The Bertz CT molecular complexity index is 740. The Morgan fingerprint density at radius 2 is 1.72 bits per heavy atom. The van der Waals surface area contributed by atoms with Gasteiger partial charge in [-0.15, -0.1) is 11.8 Å². The molecular weight excluding hydrogens is 403 g/mol. The molecule has 9 heteroatoms. The first-order valence-corrected chi connectivity index (χ1v) is 11.1. The van der Waals surface area contributed by atoms with E-state index in [2.05, 4.69) is 20.8 Å². The molecule has 0 bridgehead atoms. The van der Waals surface area contributed by atoms with Crippen LogP contribution in [0.1, 0.15) is 20.8 Å². The van der Waals surface area contributed by atoms with Crippen molar-refractivity contribution in [3.8, 4) is 0 Å². The fraction of sp³-hybridized carbons (Fsp3) is 0.562. The van der Waals surface area contributed by atoms with Crippen molar-refractivity contribution in [2.75, 3.05) is 31.9 Å². The molecule has 25 heavy (non-hydrogen) atoms. The topological polar surface area (TPSA) is 57.7 Å². The van der Waals surface area contributed by atoms with Crippen molar-refractivity contribution in [1.29, 1.82) is 0 Å². The highest BCUT2D eigenvalue weighted by Crippen LogP contribution is 2.27. The Balaban J connectivity index is 1.99. The Kier molecular flexibility index (Phi) is 6.71. The summed E-state index contributed by atoms with van der Waals surface area (Å²) in [4.78, 5) is 14.1. The first kappa shape index (κ1) is 20.8. The molecule has 1 aliphatic heterocycles. The van der Waals surface area contributed by atoms with Gasteiger partial charge < -0.3 is 4.90 Å². The van der Waals surface area contributed by atoms with E-state index in [4.69, 9.17) is 23.2 Å². The quantitative estimate of drug-likeness (QED) is 0.743. The largest absolute Gasteiger partial charge is 0.339 e. The highest BCUT2D eigenvalue weighted by Gasteiger charge is 2.30. The number of amides is 1. The molecule has 1 amide bonds. The monoisotopic (exact) mass is 424 g/mol. The third kappa shape index (κ3) is 5.50. The van der Waals surface area contributed by atoms with Crippen molar-refractivity contribution in [2.45, 2.75) is 30.4 Å². The molecule has 0 atom stereocenters. The summed E-state index contributed by atoms with van der Waals surface area (Å²) in [5.41, 5.74) is 0. The number of piperazine rings is 1. The van der Waals surface area contributed by atoms with E-state index in [1.807, 2.05) is 0 Å². The van der Waals surface area contributed by atoms with Crippen LogP contribution in [0.5, 0.6) is 0 Å². The molecule has 1 aliphatic rings. The number of halogens is 2. The molecule has 0 saturated carbocycles. The van der Waals surface area contributed by atoms with E-state index in [1.54, 1.807) is 16.7 Å². The van der Waals surface area contributed by atoms with Gasteiger partial charge in [0.05, 0.1) is 20.7 Å². The minimum absolute atomic E-state index is 0.0225. The van der Waals surface area contributed by atoms with Gasteiger partial charge in [-0.2, -0.15) is 4.31 Å². The molecule has 140 valence electrons. The van der Waals surface area contributed by atoms with E-state index in [1.165, 1.54) is 22.5 Å². The zero-order chi connectivity index (χ0) is 18.8. The summed E-state index contributed by atoms with van der Waals surface area (Å²) in [6.45, 7) is 7.52. The summed E-state index contributed by atoms with van der Waals surface area (Å²) < 4.78 is 26.8. The van der Waals surface area contributed by atoms with Crippen LogP contribution in [-0.2, 0) is 14.8 Å². The van der Waals surface area contributed by atoms with Gasteiger partial charge in [0.15, 0.2) is 0 Å². The smallest absolute Gasteiger partial charge is 0.243 e. The second kappa shape index (κ2) is 8.05. The van der Waals surface area contributed by atoms with E-state index >= 15 is 0 Å². The molecule has 1 heterocycles. The van der Waals surface area contributed by atoms with Crippen LogP contribution in [0, 0.1) is 0 Å². The van der Waals surface area contributed by atoms with Crippen LogP contribution in [0.3, 0.4) is 0 Å². The minimum atomic E-state index is -3.64. The van der Waals surface area contributed by atoms with E-state index < -0.39 is 10.0 Å². The van der Waals surface area contributed by atoms with Crippen molar-refractivity contribution in [3.63, 3.8) is 0 Å². The highest BCUT2D eigenvalue weighted by atomic mass is 35.5. The summed E-state index contributed by atoms with van der Waals surface area (Å²) in [6, 6.07) is 4.28. The second-order valence-corrected chi connectivity index (χ2v) is 11.3. The maximum absolute atomic E-state index is 12.7. The lowest BCUT2D eigenvalue weighted by molar-refractivity contribution is -0.129. The van der Waals surface area contributed by atoms with Crippen molar-refractivity contribution in [2.24, 2.45) is 0 Å². The number of carbonyl (C=O) groups is 1. The summed E-state index contributed by atoms with van der Waals surface area (Å²) in [5.74, 6) is 0.453. The first-order chi connectivity index (χ1) is 11.5. The molecule has 0 unspecified atom stereocenters. The van der Waals surface area contributed by atoms with Gasteiger partial charge in [0.25, 0.3) is 0 Å². The van der Waals surface area contributed by atoms with Gasteiger partial charge in [-0.3, -0.25) is 4.79 Å². The van der Waals surface area contributed by atoms with Crippen LogP contribution in [-0.4, -0.2) is 60.2 Å². The van der Waals surface area contributed by atoms with Crippen molar-refractivity contribution < 1.29 is 13.2 Å². The fourth-order valence-corrected chi connectivity index (χ4v) is 4.88. The summed E-state index contributed by atoms with van der Waals surface area (Å²) in [5, 5.41) is 0.517. The molecule has 1 aromatic carbocycles. The summed E-state index contributed by atoms with van der Waals surface area (Å²) in [7, 11) is -3.64. The standard InChI is InChI=1S/C16H22Cl2N2O3S2/c1-16(2,3)24-11-15(21)19-6-8-20(9-7-19)25(22,23)12-4-5-13(17)14(18)10-12/h4-5,10H,6-9,11H2,1-3H3. The average molecular weight is 425 g/mol. The number of carbonyl (C=O) groups excluding carboxylic acids is 1. The third-order valence-corrected chi connectivity index (χ3v) is 7.64. The maximum atomic E-state index is 12.7. The van der Waals surface area contributed by atoms with Gasteiger partial charge in [0, 0.05) is 30.9 Å². The Morgan fingerprint density at radius 3 is 2.24 bits per heavy atom. The number of hydrogen-bond donors (Lipinski definition) is 0. The minimum Gasteiger partial charge on any atom is -0.339 e. The summed E-state index contributed by atoms with van der Waals surface area (Å²) in [6.07, 6.45) is 0. The molecule has 0 N–H and O–H groups in total. The molecule has 1 saturated heterocycles. The number of nitrogens with zero attached hydrogens (tertiary/aromatic N) is 2. The molecule has 0 spiro atoms. The normalized spacial score (nSPS) is 16.9. The van der Waals surface area contributed by atoms with Gasteiger partial charge >= 0.3 is 0 Å². The number of sulfonamides is 1. The van der Waals surface area contributed by atoms with E-state index in [0.717, 1.165) is 0 Å². The predicted octanol–water partition coefficient (Wildman–Crippen LogP) is 3.36. The lowest BCUT2D eigenvalue weighted by Crippen LogP contribution is -2.51. The van der Waals surface area contributed by atoms with Crippen molar-refractivity contribution in [3.05, 3.63) is 28.2 Å². The molecule has 5 nitrogen and oxygen atoms in total. The Labute approximate surface area is 163 Å². The average Bonchev–Trinajstić information content (AvgIpc) is 2.54. The zero-order valence-electron chi connectivity index (χ0n) is 14.5. The van der Waals surface area contributed by atoms with Gasteiger partial charge in [-0.1, -0.05) is 44.0 Å². The van der Waals surface area contributed by atoms with Gasteiger partial charge in [-0.05, 0) is 18.2 Å². The molecule has 2 rings (SSSR count). The molecule has 0 aromatic heterocycles. The Morgan fingerprint density at radius 1 is 1.12 bits per heavy atom. The Hall–Kier alpha value is -0.470. The van der Waals surface area contributed by atoms with Crippen LogP contribution in [0.25, 0.3) is 0 Å². The fourth-order valence-electron chi connectivity index (χ4n) is 2.33. The van der Waals surface area contributed by atoms with Crippen LogP contribution in [0.4, 0.5) is 0 Å². The van der Waals surface area contributed by atoms with Gasteiger partial charge in [0.2, 0.25) is 15.9 Å². The van der Waals surface area contributed by atoms with Crippen LogP contribution in [0.2, 0.25) is 10.0 Å². The first-order valence-electron chi connectivity index (χ1n) is 7.88. The highest BCUT2D eigenvalue weighted by molar-refractivity contribution is 8.01. The molecule has 1 aromatic rings. The van der Waals surface area contributed by atoms with E-state index in [0.29, 0.717) is 23.9 Å². The second-order valence-electron chi connectivity index (χ2n) is 6.76. The number of thioether (sulfide) groups is 1. The number of benzene rings is 1. The molecule has 0 radical (unpaired) electrons.